The van der Waals surface area contributed by atoms with Gasteiger partial charge in [-0.2, -0.15) is 0 Å². The summed E-state index contributed by atoms with van der Waals surface area (Å²) in [6, 6.07) is 7.73. The van der Waals surface area contributed by atoms with Gasteiger partial charge in [0.1, 0.15) is 6.04 Å². The number of carboxylic acid groups (broad SMARTS) is 1. The number of hydrogen-bond donors (Lipinski definition) is 2. The summed E-state index contributed by atoms with van der Waals surface area (Å²) in [6.07, 6.45) is 0. The van der Waals surface area contributed by atoms with Crippen molar-refractivity contribution in [3.05, 3.63) is 33.4 Å². The third kappa shape index (κ3) is 2.64. The van der Waals surface area contributed by atoms with Crippen LogP contribution in [-0.2, 0) is 4.79 Å². The molecule has 1 aliphatic heterocycles. The fourth-order valence-electron chi connectivity index (χ4n) is 1.44. The average molecular weight is 335 g/mol. The van der Waals surface area contributed by atoms with Crippen molar-refractivity contribution in [2.75, 3.05) is 5.75 Å². The lowest BCUT2D eigenvalue weighted by Crippen LogP contribution is -2.33. The zero-order chi connectivity index (χ0) is 10.8. The van der Waals surface area contributed by atoms with Crippen molar-refractivity contribution in [3.8, 4) is 0 Å². The first-order valence-corrected chi connectivity index (χ1v) is 6.65. The van der Waals surface area contributed by atoms with Crippen LogP contribution >= 0.6 is 34.4 Å². The Balaban J connectivity index is 2.07. The van der Waals surface area contributed by atoms with Crippen LogP contribution in [-0.4, -0.2) is 22.9 Å². The van der Waals surface area contributed by atoms with Crippen LogP contribution in [0.2, 0.25) is 0 Å². The number of carboxylic acids is 1. The van der Waals surface area contributed by atoms with Gasteiger partial charge in [-0.15, -0.1) is 11.8 Å². The average Bonchev–Trinajstić information content (AvgIpc) is 2.68. The first kappa shape index (κ1) is 11.2. The smallest absolute Gasteiger partial charge is 0.321 e. The standard InChI is InChI=1S/C10H10INO2S/c11-7-3-1-6(2-4-7)9-12-8(5-15-9)10(13)14/h1-4,8-9,12H,5H2,(H,13,14)/t8-,9?/m1/s1. The molecule has 0 radical (unpaired) electrons. The van der Waals surface area contributed by atoms with E-state index in [0.29, 0.717) is 5.75 Å². The molecule has 0 spiro atoms. The molecule has 2 rings (SSSR count). The van der Waals surface area contributed by atoms with E-state index in [0.717, 1.165) is 5.56 Å². The van der Waals surface area contributed by atoms with Crippen LogP contribution < -0.4 is 5.32 Å². The van der Waals surface area contributed by atoms with Gasteiger partial charge in [0, 0.05) is 9.32 Å². The molecule has 0 aromatic heterocycles. The molecular formula is C10H10INO2S. The zero-order valence-electron chi connectivity index (χ0n) is 7.81. The van der Waals surface area contributed by atoms with Gasteiger partial charge in [-0.1, -0.05) is 12.1 Å². The highest BCUT2D eigenvalue weighted by Crippen LogP contribution is 2.32. The minimum absolute atomic E-state index is 0.114. The number of nitrogens with one attached hydrogen (secondary N) is 1. The number of carbonyl (C=O) groups is 1. The van der Waals surface area contributed by atoms with Crippen molar-refractivity contribution in [1.29, 1.82) is 0 Å². The SMILES string of the molecule is O=C(O)[C@H]1CSC(c2ccc(I)cc2)N1. The van der Waals surface area contributed by atoms with Gasteiger partial charge in [0.25, 0.3) is 0 Å². The Bertz CT molecular complexity index is 368. The van der Waals surface area contributed by atoms with E-state index in [4.69, 9.17) is 5.11 Å². The van der Waals surface area contributed by atoms with Crippen LogP contribution in [0.15, 0.2) is 24.3 Å². The molecule has 5 heteroatoms. The van der Waals surface area contributed by atoms with Crippen molar-refractivity contribution >= 4 is 40.3 Å². The number of benzene rings is 1. The van der Waals surface area contributed by atoms with Crippen LogP contribution in [0.5, 0.6) is 0 Å². The second kappa shape index (κ2) is 4.71. The van der Waals surface area contributed by atoms with E-state index in [1.165, 1.54) is 3.57 Å². The number of thioether (sulfide) groups is 1. The molecule has 0 saturated carbocycles. The van der Waals surface area contributed by atoms with Crippen molar-refractivity contribution in [3.63, 3.8) is 0 Å². The van der Waals surface area contributed by atoms with Crippen molar-refractivity contribution < 1.29 is 9.90 Å². The van der Waals surface area contributed by atoms with Gasteiger partial charge in [-0.3, -0.25) is 10.1 Å². The lowest BCUT2D eigenvalue weighted by atomic mass is 10.2. The van der Waals surface area contributed by atoms with Crippen LogP contribution in [0.1, 0.15) is 10.9 Å². The maximum atomic E-state index is 10.8. The normalized spacial score (nSPS) is 25.4. The van der Waals surface area contributed by atoms with Crippen LogP contribution in [0.25, 0.3) is 0 Å². The molecule has 2 atom stereocenters. The fraction of sp³-hybridized carbons (Fsp3) is 0.300. The predicted octanol–water partition coefficient (Wildman–Crippen LogP) is 2.08. The molecule has 1 fully saturated rings. The summed E-state index contributed by atoms with van der Waals surface area (Å²) in [7, 11) is 0. The van der Waals surface area contributed by atoms with E-state index in [1.807, 2.05) is 24.3 Å². The largest absolute Gasteiger partial charge is 0.480 e. The maximum Gasteiger partial charge on any atom is 0.321 e. The van der Waals surface area contributed by atoms with Gasteiger partial charge < -0.3 is 5.11 Å². The predicted molar refractivity (Wildman–Crippen MR) is 68.9 cm³/mol. The molecule has 1 saturated heterocycles. The van der Waals surface area contributed by atoms with Gasteiger partial charge in [0.15, 0.2) is 0 Å². The molecule has 0 amide bonds. The van der Waals surface area contributed by atoms with Gasteiger partial charge in [-0.05, 0) is 40.3 Å². The monoisotopic (exact) mass is 335 g/mol. The molecule has 2 N–H and O–H groups in total. The van der Waals surface area contributed by atoms with Gasteiger partial charge >= 0.3 is 5.97 Å². The summed E-state index contributed by atoms with van der Waals surface area (Å²) in [5, 5.41) is 12.0. The third-order valence-electron chi connectivity index (χ3n) is 2.25. The highest BCUT2D eigenvalue weighted by molar-refractivity contribution is 14.1. The molecular weight excluding hydrogens is 325 g/mol. The van der Waals surface area contributed by atoms with Crippen LogP contribution in [0, 0.1) is 3.57 Å². The van der Waals surface area contributed by atoms with Crippen molar-refractivity contribution in [2.24, 2.45) is 0 Å². The number of rotatable bonds is 2. The summed E-state index contributed by atoms with van der Waals surface area (Å²) in [4.78, 5) is 10.8. The molecule has 1 unspecified atom stereocenters. The Morgan fingerprint density at radius 1 is 1.47 bits per heavy atom. The molecule has 80 valence electrons. The lowest BCUT2D eigenvalue weighted by molar-refractivity contribution is -0.138. The summed E-state index contributed by atoms with van der Waals surface area (Å²) in [5.74, 6) is -0.137. The first-order valence-electron chi connectivity index (χ1n) is 4.53. The summed E-state index contributed by atoms with van der Waals surface area (Å²) >= 11 is 3.90. The topological polar surface area (TPSA) is 49.3 Å². The molecule has 1 aliphatic rings. The van der Waals surface area contributed by atoms with E-state index >= 15 is 0 Å². The van der Waals surface area contributed by atoms with E-state index < -0.39 is 12.0 Å². The zero-order valence-corrected chi connectivity index (χ0v) is 10.8. The molecule has 0 aliphatic carbocycles. The quantitative estimate of drug-likeness (QED) is 0.813. The van der Waals surface area contributed by atoms with Crippen LogP contribution in [0.4, 0.5) is 0 Å². The fourth-order valence-corrected chi connectivity index (χ4v) is 3.04. The number of halogens is 1. The first-order chi connectivity index (χ1) is 7.16. The van der Waals surface area contributed by atoms with E-state index in [1.54, 1.807) is 11.8 Å². The van der Waals surface area contributed by atoms with Gasteiger partial charge in [-0.25, -0.2) is 0 Å². The highest BCUT2D eigenvalue weighted by atomic mass is 127. The molecule has 15 heavy (non-hydrogen) atoms. The Morgan fingerprint density at radius 2 is 2.13 bits per heavy atom. The molecule has 1 heterocycles. The minimum Gasteiger partial charge on any atom is -0.480 e. The van der Waals surface area contributed by atoms with E-state index in [9.17, 15) is 4.79 Å². The minimum atomic E-state index is -0.768. The second-order valence-corrected chi connectivity index (χ2v) is 5.71. The van der Waals surface area contributed by atoms with Crippen molar-refractivity contribution in [1.82, 2.24) is 5.32 Å². The Morgan fingerprint density at radius 3 is 2.67 bits per heavy atom. The molecule has 0 bridgehead atoms. The van der Waals surface area contributed by atoms with Gasteiger partial charge in [0.2, 0.25) is 0 Å². The Hall–Kier alpha value is -0.270. The lowest BCUT2D eigenvalue weighted by Gasteiger charge is -2.10. The third-order valence-corrected chi connectivity index (χ3v) is 4.24. The summed E-state index contributed by atoms with van der Waals surface area (Å²) < 4.78 is 1.19. The van der Waals surface area contributed by atoms with Crippen LogP contribution in [0.3, 0.4) is 0 Å². The summed E-state index contributed by atoms with van der Waals surface area (Å²) in [5.41, 5.74) is 1.14. The van der Waals surface area contributed by atoms with Gasteiger partial charge in [0.05, 0.1) is 5.37 Å². The molecule has 3 nitrogen and oxygen atoms in total. The molecule has 1 aromatic rings. The number of hydrogen-bond acceptors (Lipinski definition) is 3. The molecule has 1 aromatic carbocycles. The maximum absolute atomic E-state index is 10.8. The highest BCUT2D eigenvalue weighted by Gasteiger charge is 2.29. The Kier molecular flexibility index (Phi) is 3.53. The van der Waals surface area contributed by atoms with Crippen molar-refractivity contribution in [2.45, 2.75) is 11.4 Å². The van der Waals surface area contributed by atoms with E-state index in [-0.39, 0.29) is 5.37 Å². The number of aliphatic carboxylic acids is 1. The van der Waals surface area contributed by atoms with E-state index in [2.05, 4.69) is 27.9 Å². The summed E-state index contributed by atoms with van der Waals surface area (Å²) in [6.45, 7) is 0. The second-order valence-electron chi connectivity index (χ2n) is 3.32. The Labute approximate surface area is 106 Å².